The smallest absolute Gasteiger partial charge is 0.155 e. The molecule has 20 heavy (non-hydrogen) atoms. The van der Waals surface area contributed by atoms with Gasteiger partial charge in [0.1, 0.15) is 17.3 Å². The number of para-hydroxylation sites is 1. The van der Waals surface area contributed by atoms with Crippen molar-refractivity contribution >= 4 is 11.3 Å². The first-order valence-electron chi connectivity index (χ1n) is 6.12. The van der Waals surface area contributed by atoms with Gasteiger partial charge in [-0.05, 0) is 19.1 Å². The fourth-order valence-electron chi connectivity index (χ4n) is 1.98. The Balaban J connectivity index is 1.83. The lowest BCUT2D eigenvalue weighted by atomic mass is 10.2. The molecule has 0 aliphatic carbocycles. The van der Waals surface area contributed by atoms with Crippen LogP contribution in [0.4, 0.5) is 14.5 Å². The highest BCUT2D eigenvalue weighted by atomic mass is 19.1. The van der Waals surface area contributed by atoms with Gasteiger partial charge >= 0.3 is 0 Å². The molecule has 0 radical (unpaired) electrons. The molecule has 6 heteroatoms. The predicted molar refractivity (Wildman–Crippen MR) is 71.4 cm³/mol. The molecule has 0 amide bonds. The maximum Gasteiger partial charge on any atom is 0.155 e. The molecule has 0 atom stereocenters. The van der Waals surface area contributed by atoms with E-state index in [9.17, 15) is 8.78 Å². The largest absolute Gasteiger partial charge is 0.376 e. The van der Waals surface area contributed by atoms with E-state index in [1.54, 1.807) is 16.9 Å². The summed E-state index contributed by atoms with van der Waals surface area (Å²) in [6, 6.07) is 5.61. The van der Waals surface area contributed by atoms with Gasteiger partial charge < -0.3 is 5.32 Å². The van der Waals surface area contributed by atoms with E-state index in [4.69, 9.17) is 0 Å². The van der Waals surface area contributed by atoms with Crippen LogP contribution in [0.3, 0.4) is 0 Å². The van der Waals surface area contributed by atoms with Gasteiger partial charge in [0, 0.05) is 30.6 Å². The molecule has 2 heterocycles. The molecule has 0 fully saturated rings. The van der Waals surface area contributed by atoms with Crippen LogP contribution >= 0.6 is 0 Å². The van der Waals surface area contributed by atoms with Crippen molar-refractivity contribution < 1.29 is 8.78 Å². The van der Waals surface area contributed by atoms with Gasteiger partial charge in [-0.25, -0.2) is 18.3 Å². The monoisotopic (exact) mass is 274 g/mol. The fourth-order valence-corrected chi connectivity index (χ4v) is 1.98. The molecule has 0 bridgehead atoms. The molecule has 3 aromatic rings. The summed E-state index contributed by atoms with van der Waals surface area (Å²) < 4.78 is 28.6. The molecule has 3 rings (SSSR count). The Bertz CT molecular complexity index is 747. The van der Waals surface area contributed by atoms with Crippen LogP contribution in [-0.4, -0.2) is 14.6 Å². The Morgan fingerprint density at radius 1 is 1.25 bits per heavy atom. The van der Waals surface area contributed by atoms with Crippen LogP contribution in [-0.2, 0) is 6.54 Å². The van der Waals surface area contributed by atoms with Crippen molar-refractivity contribution in [2.45, 2.75) is 13.5 Å². The minimum Gasteiger partial charge on any atom is -0.376 e. The van der Waals surface area contributed by atoms with Gasteiger partial charge in [-0.3, -0.25) is 0 Å². The minimum absolute atomic E-state index is 0.135. The number of halogens is 2. The summed E-state index contributed by atoms with van der Waals surface area (Å²) in [6.45, 7) is 2.14. The molecule has 1 N–H and O–H groups in total. The maximum atomic E-state index is 13.5. The molecule has 0 spiro atoms. The lowest BCUT2D eigenvalue weighted by Gasteiger charge is -2.08. The second kappa shape index (κ2) is 4.88. The molecule has 4 nitrogen and oxygen atoms in total. The first kappa shape index (κ1) is 12.5. The molecular weight excluding hydrogens is 262 g/mol. The molecule has 2 aromatic heterocycles. The van der Waals surface area contributed by atoms with Crippen molar-refractivity contribution in [2.75, 3.05) is 5.32 Å². The summed E-state index contributed by atoms with van der Waals surface area (Å²) >= 11 is 0. The van der Waals surface area contributed by atoms with Crippen LogP contribution in [0.2, 0.25) is 0 Å². The normalized spacial score (nSPS) is 10.9. The van der Waals surface area contributed by atoms with Crippen LogP contribution in [0, 0.1) is 18.6 Å². The number of aryl methyl sites for hydroxylation is 1. The highest BCUT2D eigenvalue weighted by Crippen LogP contribution is 2.18. The number of nitrogens with zero attached hydrogens (tertiary/aromatic N) is 3. The molecule has 102 valence electrons. The standard InChI is InChI=1S/C14H12F2N4/c1-9-5-13-17-6-10(8-20(13)19-9)7-18-14-11(15)3-2-4-12(14)16/h2-6,8,18H,7H2,1H3. The number of nitrogens with one attached hydrogen (secondary N) is 1. The van der Waals surface area contributed by atoms with Crippen LogP contribution in [0.1, 0.15) is 11.3 Å². The Kier molecular flexibility index (Phi) is 3.06. The van der Waals surface area contributed by atoms with Crippen molar-refractivity contribution in [1.82, 2.24) is 14.6 Å². The van der Waals surface area contributed by atoms with Crippen molar-refractivity contribution in [3.63, 3.8) is 0 Å². The van der Waals surface area contributed by atoms with Crippen LogP contribution < -0.4 is 5.32 Å². The molecule has 0 saturated heterocycles. The zero-order chi connectivity index (χ0) is 14.1. The summed E-state index contributed by atoms with van der Waals surface area (Å²) in [5, 5.41) is 6.98. The van der Waals surface area contributed by atoms with Gasteiger partial charge in [-0.15, -0.1) is 0 Å². The quantitative estimate of drug-likeness (QED) is 0.798. The molecule has 0 saturated carbocycles. The van der Waals surface area contributed by atoms with Crippen LogP contribution in [0.15, 0.2) is 36.7 Å². The number of hydrogen-bond donors (Lipinski definition) is 1. The topological polar surface area (TPSA) is 42.2 Å². The van der Waals surface area contributed by atoms with E-state index in [-0.39, 0.29) is 12.2 Å². The Hall–Kier alpha value is -2.50. The van der Waals surface area contributed by atoms with Gasteiger partial charge in [0.05, 0.1) is 5.69 Å². The molecule has 1 aromatic carbocycles. The fraction of sp³-hybridized carbons (Fsp3) is 0.143. The van der Waals surface area contributed by atoms with E-state index in [0.29, 0.717) is 0 Å². The van der Waals surface area contributed by atoms with E-state index in [0.717, 1.165) is 16.9 Å². The summed E-state index contributed by atoms with van der Waals surface area (Å²) in [6.07, 6.45) is 3.43. The zero-order valence-electron chi connectivity index (χ0n) is 10.8. The van der Waals surface area contributed by atoms with E-state index in [1.807, 2.05) is 13.0 Å². The van der Waals surface area contributed by atoms with E-state index < -0.39 is 11.6 Å². The van der Waals surface area contributed by atoms with E-state index in [2.05, 4.69) is 15.4 Å². The third-order valence-electron chi connectivity index (χ3n) is 2.92. The Morgan fingerprint density at radius 2 is 2.00 bits per heavy atom. The van der Waals surface area contributed by atoms with Crippen molar-refractivity contribution in [3.8, 4) is 0 Å². The molecular formula is C14H12F2N4. The van der Waals surface area contributed by atoms with Gasteiger partial charge in [-0.2, -0.15) is 5.10 Å². The first-order chi connectivity index (χ1) is 9.63. The van der Waals surface area contributed by atoms with Gasteiger partial charge in [0.25, 0.3) is 0 Å². The van der Waals surface area contributed by atoms with Crippen LogP contribution in [0.25, 0.3) is 5.65 Å². The summed E-state index contributed by atoms with van der Waals surface area (Å²) in [5.74, 6) is -1.23. The number of rotatable bonds is 3. The predicted octanol–water partition coefficient (Wildman–Crippen LogP) is 2.93. The number of hydrogen-bond acceptors (Lipinski definition) is 3. The Labute approximate surface area is 114 Å². The van der Waals surface area contributed by atoms with Crippen LogP contribution in [0.5, 0.6) is 0 Å². The summed E-state index contributed by atoms with van der Waals surface area (Å²) in [7, 11) is 0. The van der Waals surface area contributed by atoms with Crippen molar-refractivity contribution in [3.05, 3.63) is 59.6 Å². The second-order valence-electron chi connectivity index (χ2n) is 4.50. The SMILES string of the molecule is Cc1cc2ncc(CNc3c(F)cccc3F)cn2n1. The number of anilines is 1. The zero-order valence-corrected chi connectivity index (χ0v) is 10.8. The number of fused-ring (bicyclic) bond motifs is 1. The number of aromatic nitrogens is 3. The lowest BCUT2D eigenvalue weighted by Crippen LogP contribution is -2.05. The third-order valence-corrected chi connectivity index (χ3v) is 2.92. The van der Waals surface area contributed by atoms with Gasteiger partial charge in [0.2, 0.25) is 0 Å². The highest BCUT2D eigenvalue weighted by molar-refractivity contribution is 5.46. The summed E-state index contributed by atoms with van der Waals surface area (Å²) in [4.78, 5) is 4.23. The highest BCUT2D eigenvalue weighted by Gasteiger charge is 2.08. The first-order valence-corrected chi connectivity index (χ1v) is 6.12. The second-order valence-corrected chi connectivity index (χ2v) is 4.50. The Morgan fingerprint density at radius 3 is 2.75 bits per heavy atom. The average Bonchev–Trinajstić information content (AvgIpc) is 2.77. The van der Waals surface area contributed by atoms with Crippen molar-refractivity contribution in [1.29, 1.82) is 0 Å². The van der Waals surface area contributed by atoms with Gasteiger partial charge in [0.15, 0.2) is 5.65 Å². The van der Waals surface area contributed by atoms with Crippen molar-refractivity contribution in [2.24, 2.45) is 0 Å². The average molecular weight is 274 g/mol. The van der Waals surface area contributed by atoms with Gasteiger partial charge in [-0.1, -0.05) is 6.07 Å². The van der Waals surface area contributed by atoms with E-state index in [1.165, 1.54) is 18.2 Å². The molecule has 0 unspecified atom stereocenters. The maximum absolute atomic E-state index is 13.5. The number of benzene rings is 1. The molecule has 0 aliphatic rings. The van der Waals surface area contributed by atoms with E-state index >= 15 is 0 Å². The summed E-state index contributed by atoms with van der Waals surface area (Å²) in [5.41, 5.74) is 2.25. The molecule has 0 aliphatic heterocycles. The third kappa shape index (κ3) is 2.32. The minimum atomic E-state index is -0.617. The lowest BCUT2D eigenvalue weighted by molar-refractivity contribution is 0.588.